The van der Waals surface area contributed by atoms with Crippen molar-refractivity contribution in [1.82, 2.24) is 5.32 Å². The van der Waals surface area contributed by atoms with E-state index in [1.165, 1.54) is 16.3 Å². The van der Waals surface area contributed by atoms with Crippen LogP contribution in [0.25, 0.3) is 10.8 Å². The average molecular weight is 269 g/mol. The molecule has 3 heteroatoms. The Morgan fingerprint density at radius 3 is 2.85 bits per heavy atom. The molecule has 20 heavy (non-hydrogen) atoms. The number of rotatable bonds is 3. The van der Waals surface area contributed by atoms with E-state index in [1.54, 1.807) is 0 Å². The first-order valence-electron chi connectivity index (χ1n) is 7.16. The molecule has 0 radical (unpaired) electrons. The van der Waals surface area contributed by atoms with E-state index in [1.807, 2.05) is 12.1 Å². The number of hydrogen-bond donors (Lipinski definition) is 2. The summed E-state index contributed by atoms with van der Waals surface area (Å²) in [7, 11) is 0. The van der Waals surface area contributed by atoms with Crippen LogP contribution in [0.2, 0.25) is 0 Å². The van der Waals surface area contributed by atoms with Gasteiger partial charge in [0, 0.05) is 6.54 Å². The third kappa shape index (κ3) is 2.54. The van der Waals surface area contributed by atoms with Gasteiger partial charge in [-0.2, -0.15) is 0 Å². The molecule has 0 aliphatic carbocycles. The third-order valence-corrected chi connectivity index (χ3v) is 4.30. The van der Waals surface area contributed by atoms with Crippen molar-refractivity contribution in [2.75, 3.05) is 13.1 Å². The van der Waals surface area contributed by atoms with Gasteiger partial charge in [0.1, 0.15) is 0 Å². The van der Waals surface area contributed by atoms with Crippen LogP contribution < -0.4 is 5.32 Å². The van der Waals surface area contributed by atoms with E-state index < -0.39 is 5.97 Å². The molecule has 2 aromatic rings. The van der Waals surface area contributed by atoms with Crippen molar-refractivity contribution in [1.29, 1.82) is 0 Å². The fourth-order valence-electron chi connectivity index (χ4n) is 3.20. The number of aliphatic carboxylic acids is 1. The van der Waals surface area contributed by atoms with Crippen molar-refractivity contribution in [3.63, 3.8) is 0 Å². The lowest BCUT2D eigenvalue weighted by Gasteiger charge is -2.29. The highest BCUT2D eigenvalue weighted by Gasteiger charge is 2.30. The third-order valence-electron chi connectivity index (χ3n) is 4.30. The summed E-state index contributed by atoms with van der Waals surface area (Å²) in [5.74, 6) is -0.732. The summed E-state index contributed by atoms with van der Waals surface area (Å²) in [6.45, 7) is 1.50. The average Bonchev–Trinajstić information content (AvgIpc) is 2.48. The van der Waals surface area contributed by atoms with Gasteiger partial charge >= 0.3 is 5.97 Å². The topological polar surface area (TPSA) is 49.3 Å². The Bertz CT molecular complexity index is 618. The molecule has 2 unspecified atom stereocenters. The number of benzene rings is 2. The summed E-state index contributed by atoms with van der Waals surface area (Å²) in [5, 5.41) is 15.0. The minimum absolute atomic E-state index is 0.222. The predicted molar refractivity (Wildman–Crippen MR) is 79.8 cm³/mol. The lowest BCUT2D eigenvalue weighted by atomic mass is 9.81. The highest BCUT2D eigenvalue weighted by molar-refractivity contribution is 5.85. The van der Waals surface area contributed by atoms with Crippen molar-refractivity contribution in [3.05, 3.63) is 48.0 Å². The maximum atomic E-state index is 11.4. The van der Waals surface area contributed by atoms with Crippen LogP contribution >= 0.6 is 0 Å². The zero-order valence-electron chi connectivity index (χ0n) is 11.4. The van der Waals surface area contributed by atoms with Crippen LogP contribution in [0.1, 0.15) is 12.0 Å². The Balaban J connectivity index is 1.90. The van der Waals surface area contributed by atoms with Crippen LogP contribution in [0, 0.1) is 11.8 Å². The number of carboxylic acid groups (broad SMARTS) is 1. The van der Waals surface area contributed by atoms with Crippen molar-refractivity contribution in [2.24, 2.45) is 11.8 Å². The summed E-state index contributed by atoms with van der Waals surface area (Å²) in [4.78, 5) is 11.4. The van der Waals surface area contributed by atoms with Gasteiger partial charge in [-0.1, -0.05) is 42.5 Å². The van der Waals surface area contributed by atoms with Gasteiger partial charge in [-0.05, 0) is 41.6 Å². The van der Waals surface area contributed by atoms with E-state index in [-0.39, 0.29) is 11.8 Å². The lowest BCUT2D eigenvalue weighted by Crippen LogP contribution is -2.41. The standard InChI is InChI=1S/C17H19NO2/c19-17(20)16-11-18-9-8-14(16)10-13-6-3-5-12-4-1-2-7-15(12)13/h1-7,14,16,18H,8-11H2,(H,19,20). The van der Waals surface area contributed by atoms with E-state index in [0.717, 1.165) is 19.4 Å². The molecule has 3 rings (SSSR count). The molecule has 3 nitrogen and oxygen atoms in total. The van der Waals surface area contributed by atoms with E-state index in [2.05, 4.69) is 35.6 Å². The van der Waals surface area contributed by atoms with E-state index >= 15 is 0 Å². The fourth-order valence-corrected chi connectivity index (χ4v) is 3.20. The summed E-state index contributed by atoms with van der Waals surface area (Å²) in [6.07, 6.45) is 1.78. The molecule has 2 N–H and O–H groups in total. The molecule has 0 amide bonds. The first-order chi connectivity index (χ1) is 9.75. The molecule has 1 aliphatic heterocycles. The smallest absolute Gasteiger partial charge is 0.308 e. The highest BCUT2D eigenvalue weighted by Crippen LogP contribution is 2.27. The van der Waals surface area contributed by atoms with Crippen molar-refractivity contribution < 1.29 is 9.90 Å². The maximum Gasteiger partial charge on any atom is 0.308 e. The van der Waals surface area contributed by atoms with Gasteiger partial charge in [-0.15, -0.1) is 0 Å². The molecule has 0 bridgehead atoms. The Kier molecular flexibility index (Phi) is 3.70. The van der Waals surface area contributed by atoms with Crippen LogP contribution in [-0.2, 0) is 11.2 Å². The molecular formula is C17H19NO2. The molecule has 1 fully saturated rings. The monoisotopic (exact) mass is 269 g/mol. The molecule has 0 aromatic heterocycles. The molecule has 104 valence electrons. The molecular weight excluding hydrogens is 250 g/mol. The Morgan fingerprint density at radius 2 is 2.00 bits per heavy atom. The van der Waals surface area contributed by atoms with Gasteiger partial charge in [0.2, 0.25) is 0 Å². The van der Waals surface area contributed by atoms with Gasteiger partial charge < -0.3 is 10.4 Å². The molecule has 2 atom stereocenters. The SMILES string of the molecule is O=C(O)C1CNCCC1Cc1cccc2ccccc12. The van der Waals surface area contributed by atoms with Crippen LogP contribution in [0.15, 0.2) is 42.5 Å². The van der Waals surface area contributed by atoms with Crippen molar-refractivity contribution in [2.45, 2.75) is 12.8 Å². The van der Waals surface area contributed by atoms with E-state index in [0.29, 0.717) is 6.54 Å². The largest absolute Gasteiger partial charge is 0.481 e. The van der Waals surface area contributed by atoms with Crippen LogP contribution in [-0.4, -0.2) is 24.2 Å². The lowest BCUT2D eigenvalue weighted by molar-refractivity contribution is -0.144. The molecule has 0 spiro atoms. The summed E-state index contributed by atoms with van der Waals surface area (Å²) >= 11 is 0. The highest BCUT2D eigenvalue weighted by atomic mass is 16.4. The second-order valence-corrected chi connectivity index (χ2v) is 5.54. The molecule has 2 aromatic carbocycles. The fraction of sp³-hybridized carbons (Fsp3) is 0.353. The summed E-state index contributed by atoms with van der Waals surface area (Å²) in [6, 6.07) is 14.6. The molecule has 1 aliphatic rings. The van der Waals surface area contributed by atoms with Gasteiger partial charge in [0.05, 0.1) is 5.92 Å². The van der Waals surface area contributed by atoms with Gasteiger partial charge in [0.25, 0.3) is 0 Å². The zero-order chi connectivity index (χ0) is 13.9. The normalized spacial score (nSPS) is 22.8. The molecule has 1 saturated heterocycles. The van der Waals surface area contributed by atoms with Crippen LogP contribution in [0.4, 0.5) is 0 Å². The van der Waals surface area contributed by atoms with Gasteiger partial charge in [-0.3, -0.25) is 4.79 Å². The Morgan fingerprint density at radius 1 is 1.20 bits per heavy atom. The predicted octanol–water partition coefficient (Wildman–Crippen LogP) is 2.69. The Hall–Kier alpha value is -1.87. The second-order valence-electron chi connectivity index (χ2n) is 5.54. The Labute approximate surface area is 118 Å². The number of hydrogen-bond acceptors (Lipinski definition) is 2. The quantitative estimate of drug-likeness (QED) is 0.900. The molecule has 1 heterocycles. The van der Waals surface area contributed by atoms with E-state index in [4.69, 9.17) is 0 Å². The minimum Gasteiger partial charge on any atom is -0.481 e. The molecule has 0 saturated carbocycles. The summed E-state index contributed by atoms with van der Waals surface area (Å²) in [5.41, 5.74) is 1.27. The first-order valence-corrected chi connectivity index (χ1v) is 7.16. The van der Waals surface area contributed by atoms with Gasteiger partial charge in [-0.25, -0.2) is 0 Å². The number of carboxylic acids is 1. The van der Waals surface area contributed by atoms with E-state index in [9.17, 15) is 9.90 Å². The van der Waals surface area contributed by atoms with Crippen molar-refractivity contribution >= 4 is 16.7 Å². The first kappa shape index (κ1) is 13.1. The number of fused-ring (bicyclic) bond motifs is 1. The van der Waals surface area contributed by atoms with Gasteiger partial charge in [0.15, 0.2) is 0 Å². The minimum atomic E-state index is -0.678. The van der Waals surface area contributed by atoms with Crippen LogP contribution in [0.5, 0.6) is 0 Å². The second kappa shape index (κ2) is 5.63. The van der Waals surface area contributed by atoms with Crippen molar-refractivity contribution in [3.8, 4) is 0 Å². The number of piperidine rings is 1. The van der Waals surface area contributed by atoms with Crippen LogP contribution in [0.3, 0.4) is 0 Å². The number of nitrogens with one attached hydrogen (secondary N) is 1. The summed E-state index contributed by atoms with van der Waals surface area (Å²) < 4.78 is 0. The zero-order valence-corrected chi connectivity index (χ0v) is 11.4. The maximum absolute atomic E-state index is 11.4. The number of carbonyl (C=O) groups is 1.